The summed E-state index contributed by atoms with van der Waals surface area (Å²) in [4.78, 5) is 23.2. The predicted octanol–water partition coefficient (Wildman–Crippen LogP) is 2.55. The number of aryl methyl sites for hydroxylation is 2. The minimum Gasteiger partial charge on any atom is -0.370 e. The van der Waals surface area contributed by atoms with Crippen LogP contribution >= 0.6 is 0 Å². The summed E-state index contributed by atoms with van der Waals surface area (Å²) in [5, 5.41) is 5.46. The SMILES string of the molecule is Cc1cc(-c2c[nH]c3ncccc23)nc2cnn(CCCC(N)=O)c12. The lowest BCUT2D eigenvalue weighted by Crippen LogP contribution is -2.12. The summed E-state index contributed by atoms with van der Waals surface area (Å²) >= 11 is 0. The Morgan fingerprint density at radius 2 is 2.28 bits per heavy atom. The number of nitrogens with one attached hydrogen (secondary N) is 1. The quantitative estimate of drug-likeness (QED) is 0.585. The van der Waals surface area contributed by atoms with Crippen molar-refractivity contribution in [3.63, 3.8) is 0 Å². The molecule has 4 rings (SSSR count). The highest BCUT2D eigenvalue weighted by molar-refractivity contribution is 5.94. The lowest BCUT2D eigenvalue weighted by Gasteiger charge is -2.07. The van der Waals surface area contributed by atoms with E-state index in [2.05, 4.69) is 21.1 Å². The van der Waals surface area contributed by atoms with Crippen LogP contribution in [0.15, 0.2) is 36.8 Å². The minimum atomic E-state index is -0.290. The molecule has 4 heterocycles. The first kappa shape index (κ1) is 15.3. The van der Waals surface area contributed by atoms with Gasteiger partial charge in [-0.15, -0.1) is 0 Å². The molecule has 3 N–H and O–H groups in total. The summed E-state index contributed by atoms with van der Waals surface area (Å²) in [6, 6.07) is 6.01. The molecule has 4 aromatic rings. The van der Waals surface area contributed by atoms with Gasteiger partial charge in [0.1, 0.15) is 11.2 Å². The van der Waals surface area contributed by atoms with Gasteiger partial charge in [-0.05, 0) is 37.1 Å². The second-order valence-electron chi connectivity index (χ2n) is 6.10. The maximum atomic E-state index is 10.9. The summed E-state index contributed by atoms with van der Waals surface area (Å²) in [5.41, 5.74) is 10.9. The van der Waals surface area contributed by atoms with Gasteiger partial charge in [-0.3, -0.25) is 9.48 Å². The first-order chi connectivity index (χ1) is 12.1. The molecule has 0 bridgehead atoms. The maximum absolute atomic E-state index is 10.9. The first-order valence-corrected chi connectivity index (χ1v) is 8.17. The lowest BCUT2D eigenvalue weighted by molar-refractivity contribution is -0.118. The van der Waals surface area contributed by atoms with E-state index >= 15 is 0 Å². The van der Waals surface area contributed by atoms with Gasteiger partial charge < -0.3 is 10.7 Å². The fourth-order valence-electron chi connectivity index (χ4n) is 3.18. The topological polar surface area (TPSA) is 102 Å². The van der Waals surface area contributed by atoms with Crippen LogP contribution in [0.1, 0.15) is 18.4 Å². The van der Waals surface area contributed by atoms with Crippen molar-refractivity contribution < 1.29 is 4.79 Å². The normalized spacial score (nSPS) is 11.4. The second kappa shape index (κ2) is 6.01. The summed E-state index contributed by atoms with van der Waals surface area (Å²) in [6.45, 7) is 2.69. The van der Waals surface area contributed by atoms with E-state index in [0.29, 0.717) is 19.4 Å². The van der Waals surface area contributed by atoms with E-state index in [0.717, 1.165) is 38.9 Å². The van der Waals surface area contributed by atoms with Gasteiger partial charge >= 0.3 is 0 Å². The first-order valence-electron chi connectivity index (χ1n) is 8.17. The fraction of sp³-hybridized carbons (Fsp3) is 0.222. The number of nitrogens with two attached hydrogens (primary N) is 1. The summed E-state index contributed by atoms with van der Waals surface area (Å²) in [6.07, 6.45) is 6.49. The number of pyridine rings is 2. The van der Waals surface area contributed by atoms with Crippen LogP contribution in [0.25, 0.3) is 33.3 Å². The molecule has 0 saturated carbocycles. The van der Waals surface area contributed by atoms with Crippen LogP contribution in [0, 0.1) is 6.92 Å². The molecule has 126 valence electrons. The van der Waals surface area contributed by atoms with E-state index in [9.17, 15) is 4.79 Å². The van der Waals surface area contributed by atoms with E-state index < -0.39 is 0 Å². The van der Waals surface area contributed by atoms with Crippen LogP contribution in [-0.4, -0.2) is 30.6 Å². The molecule has 0 unspecified atom stereocenters. The zero-order chi connectivity index (χ0) is 17.4. The number of carbonyl (C=O) groups excluding carboxylic acids is 1. The Morgan fingerprint density at radius 1 is 1.40 bits per heavy atom. The number of aromatic amines is 1. The van der Waals surface area contributed by atoms with Crippen molar-refractivity contribution in [2.24, 2.45) is 5.73 Å². The van der Waals surface area contributed by atoms with Gasteiger partial charge in [0.15, 0.2) is 0 Å². The molecule has 0 aromatic carbocycles. The molecule has 0 atom stereocenters. The average molecular weight is 334 g/mol. The Morgan fingerprint density at radius 3 is 3.12 bits per heavy atom. The molecule has 0 aliphatic heterocycles. The van der Waals surface area contributed by atoms with Crippen molar-refractivity contribution in [3.8, 4) is 11.3 Å². The third-order valence-corrected chi connectivity index (χ3v) is 4.31. The van der Waals surface area contributed by atoms with Gasteiger partial charge in [0.25, 0.3) is 0 Å². The number of hydrogen-bond donors (Lipinski definition) is 2. The number of fused-ring (bicyclic) bond motifs is 2. The highest BCUT2D eigenvalue weighted by Crippen LogP contribution is 2.29. The number of aromatic nitrogens is 5. The number of nitrogens with zero attached hydrogens (tertiary/aromatic N) is 4. The standard InChI is InChI=1S/C18H18N6O/c1-11-8-14(13-9-21-18-12(13)4-2-6-20-18)23-15-10-22-24(17(11)15)7-3-5-16(19)25/h2,4,6,8-10H,3,5,7H2,1H3,(H2,19,25)(H,20,21). The van der Waals surface area contributed by atoms with Gasteiger partial charge in [0, 0.05) is 36.3 Å². The van der Waals surface area contributed by atoms with Crippen molar-refractivity contribution >= 4 is 28.0 Å². The predicted molar refractivity (Wildman–Crippen MR) is 95.8 cm³/mol. The van der Waals surface area contributed by atoms with Crippen molar-refractivity contribution in [2.45, 2.75) is 26.3 Å². The highest BCUT2D eigenvalue weighted by atomic mass is 16.1. The van der Waals surface area contributed by atoms with E-state index in [1.165, 1.54) is 0 Å². The Hall–Kier alpha value is -3.22. The molecular weight excluding hydrogens is 316 g/mol. The summed E-state index contributed by atoms with van der Waals surface area (Å²) in [5.74, 6) is -0.290. The van der Waals surface area contributed by atoms with Gasteiger partial charge in [-0.1, -0.05) is 0 Å². The summed E-state index contributed by atoms with van der Waals surface area (Å²) < 4.78 is 1.89. The monoisotopic (exact) mass is 334 g/mol. The van der Waals surface area contributed by atoms with Crippen molar-refractivity contribution in [2.75, 3.05) is 0 Å². The number of hydrogen-bond acceptors (Lipinski definition) is 4. The maximum Gasteiger partial charge on any atom is 0.217 e. The second-order valence-corrected chi connectivity index (χ2v) is 6.10. The van der Waals surface area contributed by atoms with E-state index in [1.54, 1.807) is 12.4 Å². The highest BCUT2D eigenvalue weighted by Gasteiger charge is 2.13. The van der Waals surface area contributed by atoms with Gasteiger partial charge in [0.05, 0.1) is 17.4 Å². The average Bonchev–Trinajstić information content (AvgIpc) is 3.19. The molecule has 0 fully saturated rings. The Balaban J connectivity index is 1.74. The van der Waals surface area contributed by atoms with E-state index in [4.69, 9.17) is 10.7 Å². The molecule has 1 amide bonds. The number of rotatable bonds is 5. The Kier molecular flexibility index (Phi) is 3.68. The molecule has 0 radical (unpaired) electrons. The Bertz CT molecular complexity index is 1080. The molecule has 0 saturated heterocycles. The fourth-order valence-corrected chi connectivity index (χ4v) is 3.18. The molecule has 25 heavy (non-hydrogen) atoms. The smallest absolute Gasteiger partial charge is 0.217 e. The largest absolute Gasteiger partial charge is 0.370 e. The Labute approximate surface area is 143 Å². The number of carbonyl (C=O) groups is 1. The third kappa shape index (κ3) is 2.73. The molecular formula is C18H18N6O. The van der Waals surface area contributed by atoms with Crippen LogP contribution in [0.5, 0.6) is 0 Å². The van der Waals surface area contributed by atoms with Crippen molar-refractivity contribution in [1.82, 2.24) is 24.7 Å². The number of H-pyrrole nitrogens is 1. The van der Waals surface area contributed by atoms with Crippen molar-refractivity contribution in [3.05, 3.63) is 42.4 Å². The summed E-state index contributed by atoms with van der Waals surface area (Å²) in [7, 11) is 0. The zero-order valence-corrected chi connectivity index (χ0v) is 13.9. The molecule has 7 heteroatoms. The van der Waals surface area contributed by atoms with E-state index in [1.807, 2.05) is 29.9 Å². The van der Waals surface area contributed by atoms with Gasteiger partial charge in [0.2, 0.25) is 5.91 Å². The number of amides is 1. The third-order valence-electron chi connectivity index (χ3n) is 4.31. The molecule has 0 aliphatic rings. The molecule has 0 aliphatic carbocycles. The molecule has 4 aromatic heterocycles. The molecule has 0 spiro atoms. The zero-order valence-electron chi connectivity index (χ0n) is 13.9. The molecule has 7 nitrogen and oxygen atoms in total. The number of primary amides is 1. The van der Waals surface area contributed by atoms with Gasteiger partial charge in [-0.2, -0.15) is 5.10 Å². The van der Waals surface area contributed by atoms with Crippen LogP contribution in [-0.2, 0) is 11.3 Å². The van der Waals surface area contributed by atoms with Crippen LogP contribution in [0.4, 0.5) is 0 Å². The van der Waals surface area contributed by atoms with Crippen molar-refractivity contribution in [1.29, 1.82) is 0 Å². The minimum absolute atomic E-state index is 0.290. The van der Waals surface area contributed by atoms with E-state index in [-0.39, 0.29) is 5.91 Å². The lowest BCUT2D eigenvalue weighted by atomic mass is 10.1. The van der Waals surface area contributed by atoms with Gasteiger partial charge in [-0.25, -0.2) is 9.97 Å². The van der Waals surface area contributed by atoms with Crippen LogP contribution in [0.2, 0.25) is 0 Å². The van der Waals surface area contributed by atoms with Crippen LogP contribution in [0.3, 0.4) is 0 Å². The van der Waals surface area contributed by atoms with Crippen LogP contribution < -0.4 is 5.73 Å².